The molecule has 0 radical (unpaired) electrons. The third-order valence-electron chi connectivity index (χ3n) is 2.83. The summed E-state index contributed by atoms with van der Waals surface area (Å²) in [5.74, 6) is 0.951. The predicted octanol–water partition coefficient (Wildman–Crippen LogP) is 1.74. The number of likely N-dealkylation sites (N-methyl/N-ethyl adjacent to an activating group) is 2. The average molecular weight is 222 g/mol. The van der Waals surface area contributed by atoms with Crippen LogP contribution in [-0.2, 0) is 6.42 Å². The molecule has 0 saturated heterocycles. The van der Waals surface area contributed by atoms with Crippen molar-refractivity contribution < 1.29 is 4.74 Å². The predicted molar refractivity (Wildman–Crippen MR) is 68.1 cm³/mol. The monoisotopic (exact) mass is 222 g/mol. The van der Waals surface area contributed by atoms with E-state index < -0.39 is 0 Å². The van der Waals surface area contributed by atoms with Gasteiger partial charge in [0.2, 0.25) is 0 Å². The Morgan fingerprint density at radius 1 is 1.31 bits per heavy atom. The van der Waals surface area contributed by atoms with Crippen LogP contribution in [0.1, 0.15) is 24.1 Å². The summed E-state index contributed by atoms with van der Waals surface area (Å²) in [7, 11) is 5.65. The highest BCUT2D eigenvalue weighted by atomic mass is 16.5. The topological polar surface area (TPSA) is 33.3 Å². The van der Waals surface area contributed by atoms with Gasteiger partial charge in [-0.05, 0) is 32.1 Å². The summed E-state index contributed by atoms with van der Waals surface area (Å²) in [5, 5.41) is 6.49. The lowest BCUT2D eigenvalue weighted by molar-refractivity contribution is 0.400. The molecule has 90 valence electrons. The second-order valence-corrected chi connectivity index (χ2v) is 3.83. The average Bonchev–Trinajstić information content (AvgIpc) is 2.35. The molecular formula is C13H22N2O. The Morgan fingerprint density at radius 3 is 2.56 bits per heavy atom. The van der Waals surface area contributed by atoms with Gasteiger partial charge in [-0.1, -0.05) is 19.1 Å². The summed E-state index contributed by atoms with van der Waals surface area (Å²) in [6, 6.07) is 6.67. The molecule has 0 heterocycles. The molecule has 0 aliphatic rings. The van der Waals surface area contributed by atoms with Gasteiger partial charge < -0.3 is 15.4 Å². The minimum Gasteiger partial charge on any atom is -0.496 e. The first-order chi connectivity index (χ1) is 7.76. The molecule has 0 aromatic heterocycles. The van der Waals surface area contributed by atoms with Crippen LogP contribution in [0.5, 0.6) is 5.75 Å². The molecule has 0 aliphatic carbocycles. The van der Waals surface area contributed by atoms with Gasteiger partial charge in [-0.25, -0.2) is 0 Å². The summed E-state index contributed by atoms with van der Waals surface area (Å²) in [6.45, 7) is 3.05. The quantitative estimate of drug-likeness (QED) is 0.769. The maximum Gasteiger partial charge on any atom is 0.123 e. The molecule has 2 N–H and O–H groups in total. The molecule has 1 rings (SSSR count). The van der Waals surface area contributed by atoms with E-state index in [1.807, 2.05) is 20.2 Å². The summed E-state index contributed by atoms with van der Waals surface area (Å²) in [5.41, 5.74) is 2.56. The molecule has 1 aromatic rings. The zero-order chi connectivity index (χ0) is 12.0. The summed E-state index contributed by atoms with van der Waals surface area (Å²) in [4.78, 5) is 0. The zero-order valence-corrected chi connectivity index (χ0v) is 10.6. The number of nitrogens with one attached hydrogen (secondary N) is 2. The maximum atomic E-state index is 5.41. The van der Waals surface area contributed by atoms with E-state index in [9.17, 15) is 0 Å². The lowest BCUT2D eigenvalue weighted by Crippen LogP contribution is -2.27. The van der Waals surface area contributed by atoms with E-state index in [0.717, 1.165) is 18.7 Å². The fourth-order valence-electron chi connectivity index (χ4n) is 1.85. The van der Waals surface area contributed by atoms with Gasteiger partial charge in [0.15, 0.2) is 0 Å². The van der Waals surface area contributed by atoms with Crippen molar-refractivity contribution in [1.82, 2.24) is 10.6 Å². The molecule has 0 fully saturated rings. The van der Waals surface area contributed by atoms with E-state index in [-0.39, 0.29) is 6.04 Å². The van der Waals surface area contributed by atoms with Crippen LogP contribution in [0, 0.1) is 0 Å². The minimum absolute atomic E-state index is 0.284. The Kier molecular flexibility index (Phi) is 5.29. The first kappa shape index (κ1) is 13.0. The van der Waals surface area contributed by atoms with Crippen molar-refractivity contribution in [3.63, 3.8) is 0 Å². The Morgan fingerprint density at radius 2 is 2.06 bits per heavy atom. The molecule has 1 atom stereocenters. The van der Waals surface area contributed by atoms with Crippen LogP contribution in [-0.4, -0.2) is 27.7 Å². The van der Waals surface area contributed by atoms with Crippen molar-refractivity contribution in [3.8, 4) is 5.75 Å². The molecule has 0 saturated carbocycles. The number of rotatable bonds is 6. The van der Waals surface area contributed by atoms with Gasteiger partial charge in [-0.2, -0.15) is 0 Å². The van der Waals surface area contributed by atoms with Gasteiger partial charge in [0.1, 0.15) is 5.75 Å². The lowest BCUT2D eigenvalue weighted by Gasteiger charge is -2.19. The Labute approximate surface area is 98.2 Å². The largest absolute Gasteiger partial charge is 0.496 e. The molecule has 16 heavy (non-hydrogen) atoms. The summed E-state index contributed by atoms with van der Waals surface area (Å²) in [6.07, 6.45) is 1.05. The third-order valence-corrected chi connectivity index (χ3v) is 2.83. The van der Waals surface area contributed by atoms with Crippen molar-refractivity contribution >= 4 is 0 Å². The van der Waals surface area contributed by atoms with Crippen molar-refractivity contribution in [2.75, 3.05) is 27.7 Å². The Hall–Kier alpha value is -1.06. The van der Waals surface area contributed by atoms with E-state index in [0.29, 0.717) is 0 Å². The van der Waals surface area contributed by atoms with E-state index in [1.54, 1.807) is 7.11 Å². The second kappa shape index (κ2) is 6.51. The molecule has 3 nitrogen and oxygen atoms in total. The van der Waals surface area contributed by atoms with E-state index in [4.69, 9.17) is 4.74 Å². The fourth-order valence-corrected chi connectivity index (χ4v) is 1.85. The second-order valence-electron chi connectivity index (χ2n) is 3.83. The van der Waals surface area contributed by atoms with Gasteiger partial charge in [-0.15, -0.1) is 0 Å². The van der Waals surface area contributed by atoms with E-state index >= 15 is 0 Å². The normalized spacial score (nSPS) is 12.5. The lowest BCUT2D eigenvalue weighted by atomic mass is 10.0. The van der Waals surface area contributed by atoms with Crippen LogP contribution in [0.15, 0.2) is 18.2 Å². The molecule has 3 heteroatoms. The molecular weight excluding hydrogens is 200 g/mol. The van der Waals surface area contributed by atoms with Crippen molar-refractivity contribution in [2.45, 2.75) is 19.4 Å². The number of ether oxygens (including phenoxy) is 1. The standard InChI is InChI=1S/C13H22N2O/c1-5-10-6-7-13(16-4)11(8-10)12(15-3)9-14-2/h6-8,12,14-15H,5,9H2,1-4H3. The number of aryl methyl sites for hydroxylation is 1. The number of benzene rings is 1. The first-order valence-electron chi connectivity index (χ1n) is 5.75. The fraction of sp³-hybridized carbons (Fsp3) is 0.538. The van der Waals surface area contributed by atoms with Crippen LogP contribution in [0.25, 0.3) is 0 Å². The minimum atomic E-state index is 0.284. The van der Waals surface area contributed by atoms with Crippen LogP contribution >= 0.6 is 0 Å². The molecule has 0 bridgehead atoms. The molecule has 1 aromatic carbocycles. The van der Waals surface area contributed by atoms with E-state index in [2.05, 4.69) is 29.7 Å². The summed E-state index contributed by atoms with van der Waals surface area (Å²) < 4.78 is 5.41. The van der Waals surface area contributed by atoms with Crippen LogP contribution in [0.4, 0.5) is 0 Å². The Balaban J connectivity index is 3.05. The highest BCUT2D eigenvalue weighted by Gasteiger charge is 2.13. The van der Waals surface area contributed by atoms with Gasteiger partial charge in [-0.3, -0.25) is 0 Å². The van der Waals surface area contributed by atoms with E-state index in [1.165, 1.54) is 11.1 Å². The number of hydrogen-bond donors (Lipinski definition) is 2. The van der Waals surface area contributed by atoms with Gasteiger partial charge in [0.05, 0.1) is 7.11 Å². The highest BCUT2D eigenvalue weighted by molar-refractivity contribution is 5.39. The third kappa shape index (κ3) is 2.97. The molecule has 0 amide bonds. The van der Waals surface area contributed by atoms with Crippen molar-refractivity contribution in [1.29, 1.82) is 0 Å². The Bertz CT molecular complexity index is 326. The highest BCUT2D eigenvalue weighted by Crippen LogP contribution is 2.26. The number of hydrogen-bond acceptors (Lipinski definition) is 3. The molecule has 1 unspecified atom stereocenters. The number of methoxy groups -OCH3 is 1. The SMILES string of the molecule is CCc1ccc(OC)c(C(CNC)NC)c1. The summed E-state index contributed by atoms with van der Waals surface area (Å²) >= 11 is 0. The van der Waals surface area contributed by atoms with Crippen molar-refractivity contribution in [2.24, 2.45) is 0 Å². The molecule has 0 spiro atoms. The zero-order valence-electron chi connectivity index (χ0n) is 10.6. The molecule has 0 aliphatic heterocycles. The van der Waals surface area contributed by atoms with Crippen LogP contribution in [0.2, 0.25) is 0 Å². The first-order valence-corrected chi connectivity index (χ1v) is 5.75. The maximum absolute atomic E-state index is 5.41. The van der Waals surface area contributed by atoms with Crippen LogP contribution in [0.3, 0.4) is 0 Å². The van der Waals surface area contributed by atoms with Crippen molar-refractivity contribution in [3.05, 3.63) is 29.3 Å². The van der Waals surface area contributed by atoms with Gasteiger partial charge >= 0.3 is 0 Å². The van der Waals surface area contributed by atoms with Gasteiger partial charge in [0, 0.05) is 18.2 Å². The van der Waals surface area contributed by atoms with Crippen LogP contribution < -0.4 is 15.4 Å². The van der Waals surface area contributed by atoms with Gasteiger partial charge in [0.25, 0.3) is 0 Å². The smallest absolute Gasteiger partial charge is 0.123 e.